The van der Waals surface area contributed by atoms with E-state index in [-0.39, 0.29) is 0 Å². The number of hydrogen-bond acceptors (Lipinski definition) is 4. The van der Waals surface area contributed by atoms with E-state index in [0.29, 0.717) is 17.3 Å². The van der Waals surface area contributed by atoms with Crippen LogP contribution < -0.4 is 15.4 Å². The van der Waals surface area contributed by atoms with Crippen molar-refractivity contribution < 1.29 is 4.74 Å². The van der Waals surface area contributed by atoms with Crippen molar-refractivity contribution in [3.63, 3.8) is 0 Å². The molecule has 0 radical (unpaired) electrons. The lowest BCUT2D eigenvalue weighted by Gasteiger charge is -2.14. The fourth-order valence-electron chi connectivity index (χ4n) is 1.46. The Morgan fingerprint density at radius 3 is 2.72 bits per heavy atom. The number of pyridine rings is 1. The highest BCUT2D eigenvalue weighted by Crippen LogP contribution is 2.28. The van der Waals surface area contributed by atoms with Crippen LogP contribution in [0.15, 0.2) is 41.0 Å². The van der Waals surface area contributed by atoms with E-state index < -0.39 is 0 Å². The molecule has 0 saturated heterocycles. The summed E-state index contributed by atoms with van der Waals surface area (Å²) in [6.07, 6.45) is 1.65. The first kappa shape index (κ1) is 12.7. The minimum absolute atomic E-state index is 0.411. The lowest BCUT2D eigenvalue weighted by atomic mass is 10.3. The van der Waals surface area contributed by atoms with Crippen molar-refractivity contribution in [3.8, 4) is 11.6 Å². The van der Waals surface area contributed by atoms with E-state index in [1.54, 1.807) is 12.3 Å². The third kappa shape index (κ3) is 2.92. The Morgan fingerprint density at radius 1 is 1.28 bits per heavy atom. The monoisotopic (exact) mass is 307 g/mol. The van der Waals surface area contributed by atoms with Crippen LogP contribution in [0.5, 0.6) is 11.6 Å². The van der Waals surface area contributed by atoms with Crippen LogP contribution in [0.2, 0.25) is 0 Å². The van der Waals surface area contributed by atoms with Crippen molar-refractivity contribution in [2.75, 3.05) is 24.7 Å². The molecule has 1 aromatic carbocycles. The molecular weight excluding hydrogens is 294 g/mol. The van der Waals surface area contributed by atoms with Crippen LogP contribution in [-0.4, -0.2) is 19.1 Å². The third-order valence-corrected chi connectivity index (χ3v) is 2.83. The largest absolute Gasteiger partial charge is 0.437 e. The second-order valence-corrected chi connectivity index (χ2v) is 4.96. The summed E-state index contributed by atoms with van der Waals surface area (Å²) in [5.41, 5.74) is 7.40. The molecule has 18 heavy (non-hydrogen) atoms. The number of benzene rings is 1. The predicted molar refractivity (Wildman–Crippen MR) is 77.2 cm³/mol. The highest BCUT2D eigenvalue weighted by Gasteiger charge is 2.05. The number of nitrogen functional groups attached to an aromatic ring is 1. The van der Waals surface area contributed by atoms with Gasteiger partial charge in [0.15, 0.2) is 0 Å². The standard InChI is InChI=1S/C13H14BrN3O/c1-17(2)10-4-3-5-11(7-10)18-13-12(15)6-9(14)8-16-13/h3-8H,15H2,1-2H3. The summed E-state index contributed by atoms with van der Waals surface area (Å²) in [7, 11) is 3.96. The SMILES string of the molecule is CN(C)c1cccc(Oc2ncc(Br)cc2N)c1. The number of rotatable bonds is 3. The van der Waals surface area contributed by atoms with E-state index in [0.717, 1.165) is 10.2 Å². The number of nitrogens with two attached hydrogens (primary N) is 1. The van der Waals surface area contributed by atoms with E-state index in [1.807, 2.05) is 43.3 Å². The van der Waals surface area contributed by atoms with E-state index in [9.17, 15) is 0 Å². The van der Waals surface area contributed by atoms with Gasteiger partial charge in [0.25, 0.3) is 0 Å². The van der Waals surface area contributed by atoms with Gasteiger partial charge < -0.3 is 15.4 Å². The van der Waals surface area contributed by atoms with Crippen molar-refractivity contribution in [3.05, 3.63) is 41.0 Å². The fraction of sp³-hybridized carbons (Fsp3) is 0.154. The Labute approximate surface area is 115 Å². The quantitative estimate of drug-likeness (QED) is 0.945. The summed E-state index contributed by atoms with van der Waals surface area (Å²) in [5.74, 6) is 1.12. The van der Waals surface area contributed by atoms with Crippen molar-refractivity contribution in [2.24, 2.45) is 0 Å². The third-order valence-electron chi connectivity index (χ3n) is 2.39. The normalized spacial score (nSPS) is 10.2. The maximum atomic E-state index is 5.84. The molecule has 2 N–H and O–H groups in total. The zero-order valence-corrected chi connectivity index (χ0v) is 11.8. The lowest BCUT2D eigenvalue weighted by Crippen LogP contribution is -2.08. The van der Waals surface area contributed by atoms with Gasteiger partial charge in [-0.25, -0.2) is 4.98 Å². The highest BCUT2D eigenvalue weighted by molar-refractivity contribution is 9.10. The van der Waals surface area contributed by atoms with Gasteiger partial charge in [0.05, 0.1) is 5.69 Å². The van der Waals surface area contributed by atoms with Gasteiger partial charge in [0.1, 0.15) is 5.75 Å². The molecule has 0 bridgehead atoms. The van der Waals surface area contributed by atoms with E-state index in [2.05, 4.69) is 20.9 Å². The molecule has 0 saturated carbocycles. The van der Waals surface area contributed by atoms with Gasteiger partial charge in [-0.15, -0.1) is 0 Å². The van der Waals surface area contributed by atoms with Crippen LogP contribution in [0.4, 0.5) is 11.4 Å². The van der Waals surface area contributed by atoms with Crippen LogP contribution in [0.1, 0.15) is 0 Å². The number of nitrogens with zero attached hydrogens (tertiary/aromatic N) is 2. The Morgan fingerprint density at radius 2 is 2.06 bits per heavy atom. The number of hydrogen-bond donors (Lipinski definition) is 1. The van der Waals surface area contributed by atoms with Crippen LogP contribution in [0.25, 0.3) is 0 Å². The zero-order chi connectivity index (χ0) is 13.1. The molecule has 0 aliphatic heterocycles. The maximum Gasteiger partial charge on any atom is 0.242 e. The van der Waals surface area contributed by atoms with Gasteiger partial charge in [-0.3, -0.25) is 0 Å². The summed E-state index contributed by atoms with van der Waals surface area (Å²) in [5, 5.41) is 0. The molecule has 1 heterocycles. The molecule has 0 aliphatic carbocycles. The van der Waals surface area contributed by atoms with Crippen molar-refractivity contribution in [1.29, 1.82) is 0 Å². The maximum absolute atomic E-state index is 5.84. The van der Waals surface area contributed by atoms with Crippen LogP contribution in [0, 0.1) is 0 Å². The summed E-state index contributed by atoms with van der Waals surface area (Å²) in [6.45, 7) is 0. The molecule has 2 rings (SSSR count). The number of anilines is 2. The fourth-order valence-corrected chi connectivity index (χ4v) is 1.81. The van der Waals surface area contributed by atoms with Crippen LogP contribution in [0.3, 0.4) is 0 Å². The number of halogens is 1. The van der Waals surface area contributed by atoms with E-state index in [4.69, 9.17) is 10.5 Å². The van der Waals surface area contributed by atoms with Gasteiger partial charge in [-0.2, -0.15) is 0 Å². The molecule has 0 atom stereocenters. The molecule has 5 heteroatoms. The Bertz CT molecular complexity index is 558. The first-order chi connectivity index (χ1) is 8.56. The summed E-state index contributed by atoms with van der Waals surface area (Å²) >= 11 is 3.31. The van der Waals surface area contributed by atoms with Crippen molar-refractivity contribution in [2.45, 2.75) is 0 Å². The number of ether oxygens (including phenoxy) is 1. The van der Waals surface area contributed by atoms with Gasteiger partial charge in [-0.05, 0) is 34.1 Å². The first-order valence-corrected chi connectivity index (χ1v) is 6.22. The molecule has 0 fully saturated rings. The molecule has 0 unspecified atom stereocenters. The summed E-state index contributed by atoms with van der Waals surface area (Å²) in [6, 6.07) is 9.50. The minimum Gasteiger partial charge on any atom is -0.437 e. The van der Waals surface area contributed by atoms with Crippen LogP contribution >= 0.6 is 15.9 Å². The molecule has 1 aromatic heterocycles. The molecule has 4 nitrogen and oxygen atoms in total. The molecule has 0 amide bonds. The zero-order valence-electron chi connectivity index (χ0n) is 10.2. The molecular formula is C13H14BrN3O. The number of aromatic nitrogens is 1. The molecule has 2 aromatic rings. The molecule has 0 aliphatic rings. The molecule has 94 valence electrons. The first-order valence-electron chi connectivity index (χ1n) is 5.42. The predicted octanol–water partition coefficient (Wildman–Crippen LogP) is 3.28. The average Bonchev–Trinajstić information content (AvgIpc) is 2.33. The van der Waals surface area contributed by atoms with Gasteiger partial charge >= 0.3 is 0 Å². The van der Waals surface area contributed by atoms with Gasteiger partial charge in [0, 0.05) is 36.5 Å². The summed E-state index contributed by atoms with van der Waals surface area (Å²) in [4.78, 5) is 6.15. The Kier molecular flexibility index (Phi) is 3.72. The topological polar surface area (TPSA) is 51.4 Å². The Balaban J connectivity index is 2.25. The highest BCUT2D eigenvalue weighted by atomic mass is 79.9. The van der Waals surface area contributed by atoms with Crippen molar-refractivity contribution >= 4 is 27.3 Å². The molecule has 0 spiro atoms. The Hall–Kier alpha value is -1.75. The van der Waals surface area contributed by atoms with E-state index in [1.165, 1.54) is 0 Å². The lowest BCUT2D eigenvalue weighted by molar-refractivity contribution is 0.465. The smallest absolute Gasteiger partial charge is 0.242 e. The van der Waals surface area contributed by atoms with E-state index >= 15 is 0 Å². The average molecular weight is 308 g/mol. The second kappa shape index (κ2) is 5.27. The van der Waals surface area contributed by atoms with Gasteiger partial charge in [-0.1, -0.05) is 6.07 Å². The van der Waals surface area contributed by atoms with Crippen LogP contribution in [-0.2, 0) is 0 Å². The summed E-state index contributed by atoms with van der Waals surface area (Å²) < 4.78 is 6.50. The van der Waals surface area contributed by atoms with Gasteiger partial charge in [0.2, 0.25) is 5.88 Å². The second-order valence-electron chi connectivity index (χ2n) is 4.04. The van der Waals surface area contributed by atoms with Crippen molar-refractivity contribution in [1.82, 2.24) is 4.98 Å². The minimum atomic E-state index is 0.411.